The molecule has 0 aliphatic heterocycles. The van der Waals surface area contributed by atoms with Crippen molar-refractivity contribution >= 4 is 5.97 Å². The molecule has 3 aromatic carbocycles. The molecule has 1 heterocycles. The highest BCUT2D eigenvalue weighted by molar-refractivity contribution is 5.72. The fourth-order valence-corrected chi connectivity index (χ4v) is 3.11. The van der Waals surface area contributed by atoms with Crippen LogP contribution in [0, 0.1) is 0 Å². The van der Waals surface area contributed by atoms with Crippen molar-refractivity contribution in [3.05, 3.63) is 72.8 Å². The van der Waals surface area contributed by atoms with Crippen LogP contribution in [0.1, 0.15) is 12.8 Å². The van der Waals surface area contributed by atoms with Crippen LogP contribution >= 0.6 is 0 Å². The maximum atomic E-state index is 10.5. The summed E-state index contributed by atoms with van der Waals surface area (Å²) in [4.78, 5) is 10.5. The molecule has 7 nitrogen and oxygen atoms in total. The molecule has 0 saturated heterocycles. The Labute approximate surface area is 173 Å². The molecule has 2 N–H and O–H groups in total. The van der Waals surface area contributed by atoms with Gasteiger partial charge in [0.25, 0.3) is 0 Å². The molecule has 0 aliphatic rings. The molecular weight excluding hydrogens is 380 g/mol. The average molecular weight is 400 g/mol. The summed E-state index contributed by atoms with van der Waals surface area (Å²) < 4.78 is 5.58. The van der Waals surface area contributed by atoms with E-state index >= 15 is 0 Å². The molecule has 0 unspecified atom stereocenters. The second kappa shape index (κ2) is 9.00. The van der Waals surface area contributed by atoms with E-state index in [0.717, 1.165) is 33.6 Å². The second-order valence-corrected chi connectivity index (χ2v) is 6.76. The number of carboxylic acid groups (broad SMARTS) is 1. The van der Waals surface area contributed by atoms with Crippen molar-refractivity contribution in [2.24, 2.45) is 0 Å². The summed E-state index contributed by atoms with van der Waals surface area (Å²) in [6, 6.07) is 24.2. The number of nitrogens with zero attached hydrogens (tertiary/aromatic N) is 3. The number of aromatic amines is 1. The predicted molar refractivity (Wildman–Crippen MR) is 113 cm³/mol. The summed E-state index contributed by atoms with van der Waals surface area (Å²) in [5.74, 6) is 0.508. The molecule has 0 radical (unpaired) electrons. The van der Waals surface area contributed by atoms with Crippen LogP contribution in [-0.2, 0) is 4.79 Å². The Morgan fingerprint density at radius 3 is 1.77 bits per heavy atom. The van der Waals surface area contributed by atoms with Gasteiger partial charge >= 0.3 is 5.97 Å². The summed E-state index contributed by atoms with van der Waals surface area (Å²) in [6.45, 7) is 0.395. The number of benzene rings is 3. The van der Waals surface area contributed by atoms with E-state index in [-0.39, 0.29) is 6.42 Å². The van der Waals surface area contributed by atoms with E-state index in [1.54, 1.807) is 0 Å². The van der Waals surface area contributed by atoms with Crippen molar-refractivity contribution in [3.8, 4) is 39.4 Å². The Kier molecular flexibility index (Phi) is 5.80. The summed E-state index contributed by atoms with van der Waals surface area (Å²) in [7, 11) is 0. The third-order valence-corrected chi connectivity index (χ3v) is 4.70. The van der Waals surface area contributed by atoms with Crippen molar-refractivity contribution in [1.29, 1.82) is 0 Å². The first-order chi connectivity index (χ1) is 14.7. The van der Waals surface area contributed by atoms with Gasteiger partial charge in [0, 0.05) is 12.0 Å². The lowest BCUT2D eigenvalue weighted by atomic mass is 9.99. The van der Waals surface area contributed by atoms with E-state index in [1.807, 2.05) is 48.5 Å². The molecular formula is C23H20N4O3. The van der Waals surface area contributed by atoms with Gasteiger partial charge in [-0.25, -0.2) is 0 Å². The van der Waals surface area contributed by atoms with E-state index in [4.69, 9.17) is 9.84 Å². The van der Waals surface area contributed by atoms with Gasteiger partial charge in [0.1, 0.15) is 5.75 Å². The largest absolute Gasteiger partial charge is 0.494 e. The number of aliphatic carboxylic acids is 1. The molecule has 0 spiro atoms. The van der Waals surface area contributed by atoms with Crippen molar-refractivity contribution in [2.45, 2.75) is 12.8 Å². The summed E-state index contributed by atoms with van der Waals surface area (Å²) >= 11 is 0. The molecule has 1 aromatic heterocycles. The molecule has 0 bridgehead atoms. The zero-order valence-corrected chi connectivity index (χ0v) is 16.2. The van der Waals surface area contributed by atoms with Crippen LogP contribution in [0.25, 0.3) is 33.6 Å². The quantitative estimate of drug-likeness (QED) is 0.424. The second-order valence-electron chi connectivity index (χ2n) is 6.76. The van der Waals surface area contributed by atoms with Crippen molar-refractivity contribution < 1.29 is 14.6 Å². The maximum Gasteiger partial charge on any atom is 0.303 e. The minimum Gasteiger partial charge on any atom is -0.494 e. The summed E-state index contributed by atoms with van der Waals surface area (Å²) in [6.07, 6.45) is 0.610. The number of rotatable bonds is 8. The smallest absolute Gasteiger partial charge is 0.303 e. The SMILES string of the molecule is O=C(O)CCCOc1ccc(-c2ccc(-c3ccc(-c4nn[nH]n4)cc3)cc2)cc1. The van der Waals surface area contributed by atoms with E-state index < -0.39 is 5.97 Å². The summed E-state index contributed by atoms with van der Waals surface area (Å²) in [5.41, 5.74) is 5.34. The number of carboxylic acids is 1. The lowest BCUT2D eigenvalue weighted by Crippen LogP contribution is -2.01. The van der Waals surface area contributed by atoms with Gasteiger partial charge in [-0.3, -0.25) is 4.79 Å². The number of ether oxygens (including phenoxy) is 1. The van der Waals surface area contributed by atoms with E-state index in [2.05, 4.69) is 44.9 Å². The Hall–Kier alpha value is -4.00. The van der Waals surface area contributed by atoms with Crippen LogP contribution in [0.3, 0.4) is 0 Å². The van der Waals surface area contributed by atoms with Crippen LogP contribution in [0.4, 0.5) is 0 Å². The minimum absolute atomic E-state index is 0.115. The number of hydrogen-bond acceptors (Lipinski definition) is 5. The van der Waals surface area contributed by atoms with Crippen molar-refractivity contribution in [3.63, 3.8) is 0 Å². The number of H-pyrrole nitrogens is 1. The van der Waals surface area contributed by atoms with Crippen LogP contribution in [0.5, 0.6) is 5.75 Å². The van der Waals surface area contributed by atoms with Gasteiger partial charge in [0.15, 0.2) is 0 Å². The van der Waals surface area contributed by atoms with Gasteiger partial charge in [0.05, 0.1) is 6.61 Å². The van der Waals surface area contributed by atoms with Gasteiger partial charge in [-0.2, -0.15) is 5.21 Å². The predicted octanol–water partition coefficient (Wildman–Crippen LogP) is 4.44. The third-order valence-electron chi connectivity index (χ3n) is 4.70. The highest BCUT2D eigenvalue weighted by Gasteiger charge is 2.05. The number of aromatic nitrogens is 4. The lowest BCUT2D eigenvalue weighted by Gasteiger charge is -2.08. The number of tetrazole rings is 1. The average Bonchev–Trinajstić information content (AvgIpc) is 3.32. The third kappa shape index (κ3) is 4.70. The highest BCUT2D eigenvalue weighted by Crippen LogP contribution is 2.27. The maximum absolute atomic E-state index is 10.5. The number of carbonyl (C=O) groups is 1. The van der Waals surface area contributed by atoms with E-state index in [9.17, 15) is 4.79 Å². The van der Waals surface area contributed by atoms with E-state index in [1.165, 1.54) is 0 Å². The van der Waals surface area contributed by atoms with Crippen LogP contribution < -0.4 is 4.74 Å². The molecule has 4 aromatic rings. The Bertz CT molecular complexity index is 1090. The normalized spacial score (nSPS) is 10.7. The molecule has 0 aliphatic carbocycles. The van der Waals surface area contributed by atoms with Crippen LogP contribution in [0.15, 0.2) is 72.8 Å². The van der Waals surface area contributed by atoms with Gasteiger partial charge < -0.3 is 9.84 Å². The molecule has 30 heavy (non-hydrogen) atoms. The molecule has 0 amide bonds. The van der Waals surface area contributed by atoms with Crippen LogP contribution in [0.2, 0.25) is 0 Å². The molecule has 150 valence electrons. The van der Waals surface area contributed by atoms with Crippen molar-refractivity contribution in [2.75, 3.05) is 6.61 Å². The molecule has 0 atom stereocenters. The van der Waals surface area contributed by atoms with Gasteiger partial charge in [-0.05, 0) is 46.0 Å². The fraction of sp³-hybridized carbons (Fsp3) is 0.130. The Balaban J connectivity index is 1.40. The standard InChI is InChI=1S/C23H20N4O3/c28-22(29)2-1-15-30-21-13-11-19(12-14-21)17-5-3-16(4-6-17)18-7-9-20(10-8-18)23-24-26-27-25-23/h3-14H,1-2,15H2,(H,28,29)(H,24,25,26,27). The topological polar surface area (TPSA) is 101 Å². The zero-order valence-electron chi connectivity index (χ0n) is 16.2. The van der Waals surface area contributed by atoms with Crippen LogP contribution in [-0.4, -0.2) is 38.3 Å². The molecule has 0 fully saturated rings. The number of hydrogen-bond donors (Lipinski definition) is 2. The first-order valence-electron chi connectivity index (χ1n) is 9.58. The van der Waals surface area contributed by atoms with Gasteiger partial charge in [-0.1, -0.05) is 60.7 Å². The summed E-state index contributed by atoms with van der Waals surface area (Å²) in [5, 5.41) is 22.7. The molecule has 4 rings (SSSR count). The first-order valence-corrected chi connectivity index (χ1v) is 9.58. The lowest BCUT2D eigenvalue weighted by molar-refractivity contribution is -0.137. The van der Waals surface area contributed by atoms with Gasteiger partial charge in [-0.15, -0.1) is 10.2 Å². The first kappa shape index (κ1) is 19.3. The highest BCUT2D eigenvalue weighted by atomic mass is 16.5. The number of nitrogens with one attached hydrogen (secondary N) is 1. The Morgan fingerprint density at radius 1 is 0.800 bits per heavy atom. The molecule has 0 saturated carbocycles. The molecule has 7 heteroatoms. The van der Waals surface area contributed by atoms with Gasteiger partial charge in [0.2, 0.25) is 5.82 Å². The van der Waals surface area contributed by atoms with E-state index in [0.29, 0.717) is 18.9 Å². The fourth-order valence-electron chi connectivity index (χ4n) is 3.11. The zero-order chi connectivity index (χ0) is 20.8. The Morgan fingerprint density at radius 2 is 1.30 bits per heavy atom. The monoisotopic (exact) mass is 400 g/mol. The van der Waals surface area contributed by atoms with Crippen molar-refractivity contribution in [1.82, 2.24) is 20.6 Å². The minimum atomic E-state index is -0.805.